The summed E-state index contributed by atoms with van der Waals surface area (Å²) < 4.78 is 5.22. The van der Waals surface area contributed by atoms with E-state index in [0.717, 1.165) is 18.8 Å². The maximum atomic E-state index is 5.22. The van der Waals surface area contributed by atoms with Gasteiger partial charge in [-0.3, -0.25) is 0 Å². The van der Waals surface area contributed by atoms with Gasteiger partial charge < -0.3 is 10.1 Å². The molecule has 1 aliphatic heterocycles. The number of methoxy groups -OCH3 is 1. The summed E-state index contributed by atoms with van der Waals surface area (Å²) in [6.07, 6.45) is 3.85. The second kappa shape index (κ2) is 6.00. The molecule has 1 fully saturated rings. The lowest BCUT2D eigenvalue weighted by molar-refractivity contribution is 0.261. The summed E-state index contributed by atoms with van der Waals surface area (Å²) in [4.78, 5) is 1.72. The molecule has 1 aliphatic rings. The van der Waals surface area contributed by atoms with E-state index in [0.29, 0.717) is 5.92 Å². The molecule has 6 nitrogen and oxygen atoms in total. The first-order valence-electron chi connectivity index (χ1n) is 6.95. The van der Waals surface area contributed by atoms with E-state index < -0.39 is 0 Å². The Labute approximate surface area is 118 Å². The van der Waals surface area contributed by atoms with Gasteiger partial charge in [0.1, 0.15) is 11.8 Å². The van der Waals surface area contributed by atoms with Crippen molar-refractivity contribution in [2.24, 2.45) is 5.92 Å². The smallest absolute Gasteiger partial charge is 0.162 e. The van der Waals surface area contributed by atoms with Crippen LogP contribution in [-0.2, 0) is 0 Å². The third-order valence-electron chi connectivity index (χ3n) is 3.85. The van der Waals surface area contributed by atoms with Gasteiger partial charge in [-0.2, -0.15) is 4.80 Å². The summed E-state index contributed by atoms with van der Waals surface area (Å²) >= 11 is 0. The van der Waals surface area contributed by atoms with Crippen molar-refractivity contribution in [3.05, 3.63) is 36.2 Å². The number of nitrogens with one attached hydrogen (secondary N) is 1. The highest BCUT2D eigenvalue weighted by atomic mass is 16.5. The number of hydrogen-bond donors (Lipinski definition) is 1. The molecule has 2 aromatic rings. The van der Waals surface area contributed by atoms with Crippen LogP contribution in [0.25, 0.3) is 0 Å². The average Bonchev–Trinajstić information content (AvgIpc) is 3.03. The van der Waals surface area contributed by atoms with Gasteiger partial charge in [0.15, 0.2) is 6.33 Å². The highest BCUT2D eigenvalue weighted by Gasteiger charge is 2.28. The van der Waals surface area contributed by atoms with Crippen molar-refractivity contribution in [2.75, 3.05) is 20.2 Å². The van der Waals surface area contributed by atoms with E-state index in [4.69, 9.17) is 4.74 Å². The molecule has 20 heavy (non-hydrogen) atoms. The number of hydrogen-bond acceptors (Lipinski definition) is 5. The molecule has 2 atom stereocenters. The fourth-order valence-electron chi connectivity index (χ4n) is 2.85. The molecule has 0 aliphatic carbocycles. The summed E-state index contributed by atoms with van der Waals surface area (Å²) in [5.74, 6) is 1.34. The minimum absolute atomic E-state index is 0.121. The fourth-order valence-corrected chi connectivity index (χ4v) is 2.85. The SMILES string of the molecule is COc1ccc([C@H]([C@H]2CCCNC2)n2ncnn2)cc1. The number of tetrazole rings is 1. The second-order valence-electron chi connectivity index (χ2n) is 5.08. The molecule has 1 saturated heterocycles. The van der Waals surface area contributed by atoms with E-state index in [-0.39, 0.29) is 6.04 Å². The Hall–Kier alpha value is -1.95. The number of ether oxygens (including phenoxy) is 1. The van der Waals surface area contributed by atoms with E-state index in [9.17, 15) is 0 Å². The number of aromatic nitrogens is 4. The lowest BCUT2D eigenvalue weighted by Crippen LogP contribution is -2.36. The maximum absolute atomic E-state index is 5.22. The predicted molar refractivity (Wildman–Crippen MR) is 74.5 cm³/mol. The van der Waals surface area contributed by atoms with E-state index in [1.807, 2.05) is 12.1 Å². The quantitative estimate of drug-likeness (QED) is 0.909. The first-order valence-corrected chi connectivity index (χ1v) is 6.95. The topological polar surface area (TPSA) is 64.9 Å². The Balaban J connectivity index is 1.91. The predicted octanol–water partition coefficient (Wildman–Crippen LogP) is 1.27. The highest BCUT2D eigenvalue weighted by molar-refractivity contribution is 5.29. The average molecular weight is 273 g/mol. The van der Waals surface area contributed by atoms with E-state index in [1.54, 1.807) is 11.9 Å². The van der Waals surface area contributed by atoms with Crippen molar-refractivity contribution >= 4 is 0 Å². The van der Waals surface area contributed by atoms with Gasteiger partial charge in [-0.15, -0.1) is 10.2 Å². The van der Waals surface area contributed by atoms with E-state index >= 15 is 0 Å². The molecule has 3 rings (SSSR count). The van der Waals surface area contributed by atoms with Crippen molar-refractivity contribution in [3.8, 4) is 5.75 Å². The molecule has 0 amide bonds. The van der Waals surface area contributed by atoms with Crippen LogP contribution in [0.2, 0.25) is 0 Å². The first-order chi connectivity index (χ1) is 9.88. The summed E-state index contributed by atoms with van der Waals surface area (Å²) in [7, 11) is 1.68. The van der Waals surface area contributed by atoms with Crippen molar-refractivity contribution in [2.45, 2.75) is 18.9 Å². The molecule has 1 aromatic heterocycles. The number of nitrogens with zero attached hydrogens (tertiary/aromatic N) is 4. The van der Waals surface area contributed by atoms with Gasteiger partial charge >= 0.3 is 0 Å². The monoisotopic (exact) mass is 273 g/mol. The third-order valence-corrected chi connectivity index (χ3v) is 3.85. The fraction of sp³-hybridized carbons (Fsp3) is 0.500. The molecule has 6 heteroatoms. The van der Waals surface area contributed by atoms with Crippen molar-refractivity contribution in [1.82, 2.24) is 25.5 Å². The summed E-state index contributed by atoms with van der Waals surface area (Å²) in [5.41, 5.74) is 1.19. The molecular formula is C14H19N5O. The van der Waals surface area contributed by atoms with Gasteiger partial charge in [0, 0.05) is 6.54 Å². The molecule has 0 saturated carbocycles. The van der Waals surface area contributed by atoms with Crippen LogP contribution in [0, 0.1) is 5.92 Å². The van der Waals surface area contributed by atoms with E-state index in [2.05, 4.69) is 32.9 Å². The zero-order valence-corrected chi connectivity index (χ0v) is 11.6. The van der Waals surface area contributed by atoms with Crippen LogP contribution >= 0.6 is 0 Å². The van der Waals surface area contributed by atoms with Crippen LogP contribution in [0.1, 0.15) is 24.4 Å². The van der Waals surface area contributed by atoms with Gasteiger partial charge in [0.25, 0.3) is 0 Å². The number of benzene rings is 1. The van der Waals surface area contributed by atoms with Crippen LogP contribution < -0.4 is 10.1 Å². The third kappa shape index (κ3) is 2.65. The van der Waals surface area contributed by atoms with Gasteiger partial charge in [-0.1, -0.05) is 12.1 Å². The molecule has 0 spiro atoms. The Morgan fingerprint density at radius 1 is 1.35 bits per heavy atom. The summed E-state index contributed by atoms with van der Waals surface area (Å²) in [5, 5.41) is 15.7. The van der Waals surface area contributed by atoms with Crippen molar-refractivity contribution in [1.29, 1.82) is 0 Å². The number of rotatable bonds is 4. The zero-order valence-electron chi connectivity index (χ0n) is 11.6. The minimum Gasteiger partial charge on any atom is -0.497 e. The summed E-state index contributed by atoms with van der Waals surface area (Å²) in [6, 6.07) is 8.25. The summed E-state index contributed by atoms with van der Waals surface area (Å²) in [6.45, 7) is 2.08. The Morgan fingerprint density at radius 3 is 2.80 bits per heavy atom. The van der Waals surface area contributed by atoms with Crippen molar-refractivity contribution < 1.29 is 4.74 Å². The van der Waals surface area contributed by atoms with Gasteiger partial charge in [0.05, 0.1) is 7.11 Å². The molecule has 1 aromatic carbocycles. The highest BCUT2D eigenvalue weighted by Crippen LogP contribution is 2.30. The normalized spacial score (nSPS) is 20.6. The first kappa shape index (κ1) is 13.1. The van der Waals surface area contributed by atoms with Crippen LogP contribution in [0.3, 0.4) is 0 Å². The van der Waals surface area contributed by atoms with Crippen LogP contribution in [0.4, 0.5) is 0 Å². The lowest BCUT2D eigenvalue weighted by atomic mass is 9.87. The van der Waals surface area contributed by atoms with Gasteiger partial charge in [-0.05, 0) is 48.2 Å². The van der Waals surface area contributed by atoms with Crippen LogP contribution in [0.15, 0.2) is 30.6 Å². The van der Waals surface area contributed by atoms with Gasteiger partial charge in [0.2, 0.25) is 0 Å². The molecule has 2 heterocycles. The molecule has 106 valence electrons. The Morgan fingerprint density at radius 2 is 2.20 bits per heavy atom. The molecular weight excluding hydrogens is 254 g/mol. The van der Waals surface area contributed by atoms with Crippen LogP contribution in [-0.4, -0.2) is 40.4 Å². The van der Waals surface area contributed by atoms with E-state index in [1.165, 1.54) is 24.7 Å². The molecule has 1 N–H and O–H groups in total. The zero-order chi connectivity index (χ0) is 13.8. The van der Waals surface area contributed by atoms with Crippen molar-refractivity contribution in [3.63, 3.8) is 0 Å². The Bertz CT molecular complexity index is 519. The lowest BCUT2D eigenvalue weighted by Gasteiger charge is -2.30. The van der Waals surface area contributed by atoms with Crippen LogP contribution in [0.5, 0.6) is 5.75 Å². The largest absolute Gasteiger partial charge is 0.497 e. The van der Waals surface area contributed by atoms with Gasteiger partial charge in [-0.25, -0.2) is 0 Å². The molecule has 0 radical (unpaired) electrons. The maximum Gasteiger partial charge on any atom is 0.162 e. The number of piperidine rings is 1. The Kier molecular flexibility index (Phi) is 3.92. The second-order valence-corrected chi connectivity index (χ2v) is 5.08. The molecule has 0 bridgehead atoms. The minimum atomic E-state index is 0.121. The standard InChI is InChI=1S/C14H19N5O/c1-20-13-6-4-11(5-7-13)14(19-17-10-16-18-19)12-3-2-8-15-9-12/h4-7,10,12,14-15H,2-3,8-9H2,1H3/t12-,14+/m0/s1. The molecule has 0 unspecified atom stereocenters.